The zero-order valence-electron chi connectivity index (χ0n) is 11.3. The van der Waals surface area contributed by atoms with E-state index in [1.54, 1.807) is 6.20 Å². The number of aromatic nitrogens is 1. The molecule has 0 aliphatic heterocycles. The lowest BCUT2D eigenvalue weighted by atomic mass is 10.2. The van der Waals surface area contributed by atoms with E-state index in [0.717, 1.165) is 24.4 Å². The van der Waals surface area contributed by atoms with Crippen LogP contribution in [-0.2, 0) is 6.54 Å². The minimum atomic E-state index is 0.631. The molecule has 0 atom stereocenters. The molecule has 0 aliphatic rings. The van der Waals surface area contributed by atoms with Gasteiger partial charge in [-0.2, -0.15) is 0 Å². The van der Waals surface area contributed by atoms with Gasteiger partial charge in [-0.15, -0.1) is 13.2 Å². The number of nitrogens with zero attached hydrogens (tertiary/aromatic N) is 2. The molecule has 0 saturated heterocycles. The summed E-state index contributed by atoms with van der Waals surface area (Å²) in [5, 5.41) is 0.705. The first kappa shape index (κ1) is 14.6. The lowest BCUT2D eigenvalue weighted by Gasteiger charge is -2.15. The first-order chi connectivity index (χ1) is 9.72. The van der Waals surface area contributed by atoms with Crippen LogP contribution in [0.2, 0.25) is 5.02 Å². The predicted octanol–water partition coefficient (Wildman–Crippen LogP) is 4.17. The molecule has 0 spiro atoms. The molecular formula is C16H17ClN2O. The molecule has 3 nitrogen and oxygen atoms in total. The fraction of sp³-hybridized carbons (Fsp3) is 0.188. The minimum absolute atomic E-state index is 0.631. The van der Waals surface area contributed by atoms with E-state index in [4.69, 9.17) is 16.0 Å². The van der Waals surface area contributed by atoms with Crippen molar-refractivity contribution in [1.82, 2.24) is 9.88 Å². The maximum absolute atomic E-state index is 5.87. The number of oxazole rings is 1. The molecule has 0 unspecified atom stereocenters. The Morgan fingerprint density at radius 2 is 1.80 bits per heavy atom. The van der Waals surface area contributed by atoms with Gasteiger partial charge in [-0.05, 0) is 24.3 Å². The summed E-state index contributed by atoms with van der Waals surface area (Å²) in [6.07, 6.45) is 5.44. The molecule has 0 N–H and O–H groups in total. The first-order valence-electron chi connectivity index (χ1n) is 6.37. The van der Waals surface area contributed by atoms with Crippen LogP contribution in [0.5, 0.6) is 0 Å². The van der Waals surface area contributed by atoms with E-state index in [2.05, 4.69) is 23.0 Å². The molecule has 1 aromatic carbocycles. The Labute approximate surface area is 124 Å². The van der Waals surface area contributed by atoms with Gasteiger partial charge in [-0.3, -0.25) is 4.90 Å². The summed E-state index contributed by atoms with van der Waals surface area (Å²) in [5.74, 6) is 1.42. The zero-order valence-corrected chi connectivity index (χ0v) is 12.0. The van der Waals surface area contributed by atoms with Crippen LogP contribution in [0.15, 0.2) is 60.2 Å². The second kappa shape index (κ2) is 7.08. The summed E-state index contributed by atoms with van der Waals surface area (Å²) in [6.45, 7) is 9.66. The van der Waals surface area contributed by atoms with Gasteiger partial charge in [0, 0.05) is 23.7 Å². The van der Waals surface area contributed by atoms with Crippen molar-refractivity contribution in [2.75, 3.05) is 13.1 Å². The smallest absolute Gasteiger partial charge is 0.209 e. The topological polar surface area (TPSA) is 29.3 Å². The van der Waals surface area contributed by atoms with Crippen LogP contribution in [0.25, 0.3) is 11.3 Å². The maximum atomic E-state index is 5.87. The molecular weight excluding hydrogens is 272 g/mol. The second-order valence-corrected chi connectivity index (χ2v) is 4.83. The van der Waals surface area contributed by atoms with Gasteiger partial charge >= 0.3 is 0 Å². The summed E-state index contributed by atoms with van der Waals surface area (Å²) in [7, 11) is 0. The van der Waals surface area contributed by atoms with E-state index in [1.807, 2.05) is 36.4 Å². The van der Waals surface area contributed by atoms with Gasteiger partial charge in [0.15, 0.2) is 5.76 Å². The number of halogens is 1. The van der Waals surface area contributed by atoms with E-state index >= 15 is 0 Å². The van der Waals surface area contributed by atoms with Crippen molar-refractivity contribution in [2.45, 2.75) is 6.54 Å². The van der Waals surface area contributed by atoms with E-state index in [9.17, 15) is 0 Å². The Balaban J connectivity index is 2.09. The van der Waals surface area contributed by atoms with E-state index in [-0.39, 0.29) is 0 Å². The Kier molecular flexibility index (Phi) is 5.16. The molecule has 0 radical (unpaired) electrons. The highest BCUT2D eigenvalue weighted by atomic mass is 35.5. The van der Waals surface area contributed by atoms with E-state index < -0.39 is 0 Å². The molecule has 20 heavy (non-hydrogen) atoms. The molecule has 0 bridgehead atoms. The first-order valence-corrected chi connectivity index (χ1v) is 6.75. The molecule has 1 heterocycles. The van der Waals surface area contributed by atoms with Crippen molar-refractivity contribution in [3.05, 3.63) is 66.7 Å². The zero-order chi connectivity index (χ0) is 14.4. The molecule has 0 saturated carbocycles. The summed E-state index contributed by atoms with van der Waals surface area (Å²) < 4.78 is 5.77. The third-order valence-electron chi connectivity index (χ3n) is 2.82. The Hall–Kier alpha value is -1.84. The number of hydrogen-bond donors (Lipinski definition) is 0. The Morgan fingerprint density at radius 1 is 1.15 bits per heavy atom. The SMILES string of the molecule is C=CCN(CC=C)Cc1ncc(-c2ccc(Cl)cc2)o1. The number of rotatable bonds is 7. The maximum Gasteiger partial charge on any atom is 0.209 e. The second-order valence-electron chi connectivity index (χ2n) is 4.40. The van der Waals surface area contributed by atoms with Crippen LogP contribution in [0, 0.1) is 0 Å². The van der Waals surface area contributed by atoms with Gasteiger partial charge in [-0.25, -0.2) is 4.98 Å². The van der Waals surface area contributed by atoms with Crippen LogP contribution in [0.1, 0.15) is 5.89 Å². The summed E-state index contributed by atoms with van der Waals surface area (Å²) in [4.78, 5) is 6.45. The van der Waals surface area contributed by atoms with Crippen molar-refractivity contribution in [1.29, 1.82) is 0 Å². The lowest BCUT2D eigenvalue weighted by molar-refractivity contribution is 0.289. The fourth-order valence-corrected chi connectivity index (χ4v) is 2.02. The fourth-order valence-electron chi connectivity index (χ4n) is 1.89. The molecule has 0 amide bonds. The van der Waals surface area contributed by atoms with Crippen LogP contribution in [-0.4, -0.2) is 23.0 Å². The van der Waals surface area contributed by atoms with Gasteiger partial charge in [0.05, 0.1) is 12.7 Å². The van der Waals surface area contributed by atoms with Gasteiger partial charge in [0.25, 0.3) is 0 Å². The van der Waals surface area contributed by atoms with Gasteiger partial charge in [0.2, 0.25) is 5.89 Å². The number of hydrogen-bond acceptors (Lipinski definition) is 3. The average Bonchev–Trinajstić information content (AvgIpc) is 2.89. The van der Waals surface area contributed by atoms with Crippen LogP contribution in [0.4, 0.5) is 0 Å². The summed E-state index contributed by atoms with van der Waals surface area (Å²) in [6, 6.07) is 7.50. The van der Waals surface area contributed by atoms with E-state index in [1.165, 1.54) is 0 Å². The van der Waals surface area contributed by atoms with Gasteiger partial charge < -0.3 is 4.42 Å². The highest BCUT2D eigenvalue weighted by molar-refractivity contribution is 6.30. The van der Waals surface area contributed by atoms with Crippen LogP contribution in [0.3, 0.4) is 0 Å². The largest absolute Gasteiger partial charge is 0.439 e. The molecule has 1 aromatic heterocycles. The van der Waals surface area contributed by atoms with Crippen LogP contribution >= 0.6 is 11.6 Å². The summed E-state index contributed by atoms with van der Waals surface area (Å²) in [5.41, 5.74) is 0.965. The molecule has 4 heteroatoms. The molecule has 0 fully saturated rings. The monoisotopic (exact) mass is 288 g/mol. The summed E-state index contributed by atoms with van der Waals surface area (Å²) >= 11 is 5.87. The molecule has 0 aliphatic carbocycles. The Morgan fingerprint density at radius 3 is 2.40 bits per heavy atom. The standard InChI is InChI=1S/C16H17ClN2O/c1-3-9-19(10-4-2)12-16-18-11-15(20-16)13-5-7-14(17)8-6-13/h3-8,11H,1-2,9-10,12H2. The van der Waals surface area contributed by atoms with Crippen molar-refractivity contribution in [3.8, 4) is 11.3 Å². The highest BCUT2D eigenvalue weighted by Crippen LogP contribution is 2.22. The van der Waals surface area contributed by atoms with Crippen LogP contribution < -0.4 is 0 Å². The average molecular weight is 289 g/mol. The van der Waals surface area contributed by atoms with Gasteiger partial charge in [-0.1, -0.05) is 23.8 Å². The van der Waals surface area contributed by atoms with Crippen molar-refractivity contribution in [2.24, 2.45) is 0 Å². The van der Waals surface area contributed by atoms with E-state index in [0.29, 0.717) is 17.5 Å². The minimum Gasteiger partial charge on any atom is -0.439 e. The van der Waals surface area contributed by atoms with Crippen molar-refractivity contribution in [3.63, 3.8) is 0 Å². The highest BCUT2D eigenvalue weighted by Gasteiger charge is 2.09. The third-order valence-corrected chi connectivity index (χ3v) is 3.07. The van der Waals surface area contributed by atoms with Crippen molar-refractivity contribution >= 4 is 11.6 Å². The quantitative estimate of drug-likeness (QED) is 0.716. The third kappa shape index (κ3) is 3.83. The molecule has 2 aromatic rings. The van der Waals surface area contributed by atoms with Crippen molar-refractivity contribution < 1.29 is 4.42 Å². The predicted molar refractivity (Wildman–Crippen MR) is 82.6 cm³/mol. The Bertz CT molecular complexity index is 564. The van der Waals surface area contributed by atoms with Gasteiger partial charge in [0.1, 0.15) is 0 Å². The normalized spacial score (nSPS) is 10.7. The number of benzene rings is 1. The lowest BCUT2D eigenvalue weighted by Crippen LogP contribution is -2.23. The molecule has 104 valence electrons. The molecule has 2 rings (SSSR count).